The van der Waals surface area contributed by atoms with Crippen molar-refractivity contribution in [2.45, 2.75) is 12.2 Å². The molecular weight excluding hydrogens is 284 g/mol. The van der Waals surface area contributed by atoms with Gasteiger partial charge in [-0.05, 0) is 12.1 Å². The maximum atomic E-state index is 13.8. The molecule has 1 aromatic rings. The van der Waals surface area contributed by atoms with Crippen LogP contribution in [0.2, 0.25) is 5.02 Å². The van der Waals surface area contributed by atoms with Gasteiger partial charge in [0.15, 0.2) is 0 Å². The minimum absolute atomic E-state index is 0.0856. The Bertz CT molecular complexity index is 444. The maximum absolute atomic E-state index is 13.8. The van der Waals surface area contributed by atoms with E-state index in [1.54, 1.807) is 0 Å². The molecular formula is C12H13ClF4N2. The van der Waals surface area contributed by atoms with Gasteiger partial charge in [0, 0.05) is 36.8 Å². The first-order valence-corrected chi connectivity index (χ1v) is 6.24. The molecule has 1 N–H and O–H groups in total. The average molecular weight is 297 g/mol. The third-order valence-corrected chi connectivity index (χ3v) is 3.32. The third-order valence-electron chi connectivity index (χ3n) is 3.08. The van der Waals surface area contributed by atoms with Gasteiger partial charge in [0.1, 0.15) is 11.9 Å². The summed E-state index contributed by atoms with van der Waals surface area (Å²) in [7, 11) is 0. The molecule has 1 heterocycles. The lowest BCUT2D eigenvalue weighted by Gasteiger charge is -2.36. The Morgan fingerprint density at radius 3 is 2.37 bits per heavy atom. The predicted molar refractivity (Wildman–Crippen MR) is 64.6 cm³/mol. The average Bonchev–Trinajstić information content (AvgIpc) is 2.32. The van der Waals surface area contributed by atoms with Crippen molar-refractivity contribution in [3.05, 3.63) is 34.6 Å². The number of hydrogen-bond donors (Lipinski definition) is 1. The van der Waals surface area contributed by atoms with Crippen molar-refractivity contribution in [1.29, 1.82) is 0 Å². The highest BCUT2D eigenvalue weighted by Gasteiger charge is 2.46. The van der Waals surface area contributed by atoms with Crippen LogP contribution in [0.3, 0.4) is 0 Å². The number of benzene rings is 1. The van der Waals surface area contributed by atoms with Crippen LogP contribution in [0.4, 0.5) is 17.6 Å². The van der Waals surface area contributed by atoms with E-state index < -0.39 is 18.0 Å². The molecule has 0 unspecified atom stereocenters. The van der Waals surface area contributed by atoms with E-state index in [-0.39, 0.29) is 23.7 Å². The van der Waals surface area contributed by atoms with E-state index in [9.17, 15) is 17.6 Å². The fourth-order valence-corrected chi connectivity index (χ4v) is 2.40. The van der Waals surface area contributed by atoms with Crippen LogP contribution in [0.25, 0.3) is 0 Å². The Hall–Kier alpha value is -0.850. The Kier molecular flexibility index (Phi) is 4.32. The van der Waals surface area contributed by atoms with Gasteiger partial charge in [-0.25, -0.2) is 4.39 Å². The van der Waals surface area contributed by atoms with Crippen molar-refractivity contribution < 1.29 is 17.6 Å². The molecule has 2 rings (SSSR count). The second kappa shape index (κ2) is 5.64. The molecule has 1 aliphatic heterocycles. The van der Waals surface area contributed by atoms with Crippen molar-refractivity contribution in [2.75, 3.05) is 26.2 Å². The van der Waals surface area contributed by atoms with Crippen molar-refractivity contribution in [3.8, 4) is 0 Å². The normalized spacial score (nSPS) is 19.4. The monoisotopic (exact) mass is 296 g/mol. The Labute approximate surface area is 113 Å². The van der Waals surface area contributed by atoms with Gasteiger partial charge < -0.3 is 5.32 Å². The lowest BCUT2D eigenvalue weighted by Crippen LogP contribution is -2.49. The van der Waals surface area contributed by atoms with Gasteiger partial charge in [0.05, 0.1) is 0 Å². The summed E-state index contributed by atoms with van der Waals surface area (Å²) in [4.78, 5) is 1.24. The number of nitrogens with zero attached hydrogens (tertiary/aromatic N) is 1. The molecule has 0 saturated carbocycles. The standard InChI is InChI=1S/C12H13ClF4N2/c13-8-1-2-9(10(14)7-8)11(12(15,16)17)19-5-3-18-4-6-19/h1-2,7,11,18H,3-6H2/t11-/m0/s1. The zero-order chi connectivity index (χ0) is 14.0. The smallest absolute Gasteiger partial charge is 0.314 e. The summed E-state index contributed by atoms with van der Waals surface area (Å²) in [5.41, 5.74) is -0.376. The SMILES string of the molecule is Fc1cc(Cl)ccc1[C@H](N1CCNCC1)C(F)(F)F. The second-order valence-electron chi connectivity index (χ2n) is 4.40. The molecule has 0 aromatic heterocycles. The van der Waals surface area contributed by atoms with Crippen LogP contribution in [0.5, 0.6) is 0 Å². The minimum atomic E-state index is -4.52. The van der Waals surface area contributed by atoms with Crippen molar-refractivity contribution in [1.82, 2.24) is 10.2 Å². The summed E-state index contributed by atoms with van der Waals surface area (Å²) in [6.07, 6.45) is -4.52. The van der Waals surface area contributed by atoms with E-state index >= 15 is 0 Å². The van der Waals surface area contributed by atoms with E-state index in [4.69, 9.17) is 11.6 Å². The van der Waals surface area contributed by atoms with Crippen molar-refractivity contribution in [2.24, 2.45) is 0 Å². The van der Waals surface area contributed by atoms with Gasteiger partial charge in [0.2, 0.25) is 0 Å². The number of rotatable bonds is 2. The van der Waals surface area contributed by atoms with Crippen LogP contribution in [0, 0.1) is 5.82 Å². The van der Waals surface area contributed by atoms with Crippen LogP contribution < -0.4 is 5.32 Å². The van der Waals surface area contributed by atoms with Gasteiger partial charge in [-0.15, -0.1) is 0 Å². The van der Waals surface area contributed by atoms with E-state index in [2.05, 4.69) is 5.32 Å². The molecule has 0 aliphatic carbocycles. The molecule has 1 saturated heterocycles. The zero-order valence-electron chi connectivity index (χ0n) is 9.97. The highest BCUT2D eigenvalue weighted by Crippen LogP contribution is 2.39. The molecule has 1 fully saturated rings. The highest BCUT2D eigenvalue weighted by molar-refractivity contribution is 6.30. The van der Waals surface area contributed by atoms with Crippen LogP contribution >= 0.6 is 11.6 Å². The van der Waals surface area contributed by atoms with Crippen LogP contribution in [0.15, 0.2) is 18.2 Å². The number of hydrogen-bond acceptors (Lipinski definition) is 2. The van der Waals surface area contributed by atoms with Gasteiger partial charge in [-0.1, -0.05) is 17.7 Å². The minimum Gasteiger partial charge on any atom is -0.314 e. The molecule has 1 aliphatic rings. The molecule has 0 radical (unpaired) electrons. The number of piperazine rings is 1. The van der Waals surface area contributed by atoms with Gasteiger partial charge in [-0.2, -0.15) is 13.2 Å². The Morgan fingerprint density at radius 2 is 1.84 bits per heavy atom. The van der Waals surface area contributed by atoms with Gasteiger partial charge in [-0.3, -0.25) is 4.90 Å². The topological polar surface area (TPSA) is 15.3 Å². The molecule has 106 valence electrons. The molecule has 1 atom stereocenters. The number of alkyl halides is 3. The first-order valence-electron chi connectivity index (χ1n) is 5.86. The highest BCUT2D eigenvalue weighted by atomic mass is 35.5. The summed E-state index contributed by atoms with van der Waals surface area (Å²) >= 11 is 5.58. The summed E-state index contributed by atoms with van der Waals surface area (Å²) in [5, 5.41) is 3.06. The maximum Gasteiger partial charge on any atom is 0.408 e. The van der Waals surface area contributed by atoms with Crippen LogP contribution in [-0.2, 0) is 0 Å². The Morgan fingerprint density at radius 1 is 1.21 bits per heavy atom. The van der Waals surface area contributed by atoms with E-state index in [0.717, 1.165) is 12.1 Å². The first kappa shape index (κ1) is 14.6. The summed E-state index contributed by atoms with van der Waals surface area (Å²) in [5.74, 6) is -0.923. The van der Waals surface area contributed by atoms with Crippen LogP contribution in [0.1, 0.15) is 11.6 Å². The van der Waals surface area contributed by atoms with Gasteiger partial charge in [0.25, 0.3) is 0 Å². The molecule has 2 nitrogen and oxygen atoms in total. The van der Waals surface area contributed by atoms with E-state index in [0.29, 0.717) is 13.1 Å². The fraction of sp³-hybridized carbons (Fsp3) is 0.500. The summed E-state index contributed by atoms with van der Waals surface area (Å²) < 4.78 is 53.4. The largest absolute Gasteiger partial charge is 0.408 e. The zero-order valence-corrected chi connectivity index (χ0v) is 10.7. The number of halogens is 5. The van der Waals surface area contributed by atoms with Crippen LogP contribution in [-0.4, -0.2) is 37.3 Å². The van der Waals surface area contributed by atoms with Gasteiger partial charge >= 0.3 is 6.18 Å². The summed E-state index contributed by atoms with van der Waals surface area (Å²) in [6.45, 7) is 1.38. The number of nitrogens with one attached hydrogen (secondary N) is 1. The Balaban J connectivity index is 2.36. The van der Waals surface area contributed by atoms with Crippen molar-refractivity contribution in [3.63, 3.8) is 0 Å². The molecule has 7 heteroatoms. The molecule has 0 spiro atoms. The molecule has 1 aromatic carbocycles. The molecule has 0 bridgehead atoms. The third kappa shape index (κ3) is 3.38. The quantitative estimate of drug-likeness (QED) is 0.844. The molecule has 0 amide bonds. The van der Waals surface area contributed by atoms with Crippen molar-refractivity contribution >= 4 is 11.6 Å². The second-order valence-corrected chi connectivity index (χ2v) is 4.83. The lowest BCUT2D eigenvalue weighted by molar-refractivity contribution is -0.188. The van der Waals surface area contributed by atoms with E-state index in [1.807, 2.05) is 0 Å². The lowest BCUT2D eigenvalue weighted by atomic mass is 10.0. The fourth-order valence-electron chi connectivity index (χ4n) is 2.24. The molecule has 19 heavy (non-hydrogen) atoms. The predicted octanol–water partition coefficient (Wildman–Crippen LogP) is 2.99. The first-order chi connectivity index (χ1) is 8.89. The van der Waals surface area contributed by atoms with E-state index in [1.165, 1.54) is 11.0 Å². The summed E-state index contributed by atoms with van der Waals surface area (Å²) in [6, 6.07) is 1.38.